The van der Waals surface area contributed by atoms with Gasteiger partial charge < -0.3 is 5.32 Å². The van der Waals surface area contributed by atoms with Crippen molar-refractivity contribution in [3.8, 4) is 10.6 Å². The average molecular weight is 451 g/mol. The second kappa shape index (κ2) is 9.57. The van der Waals surface area contributed by atoms with Gasteiger partial charge in [-0.25, -0.2) is 8.42 Å². The molecule has 0 radical (unpaired) electrons. The molecule has 29 heavy (non-hydrogen) atoms. The van der Waals surface area contributed by atoms with E-state index in [1.807, 2.05) is 30.7 Å². The number of benzene rings is 1. The monoisotopic (exact) mass is 450 g/mol. The molecule has 2 aromatic heterocycles. The summed E-state index contributed by atoms with van der Waals surface area (Å²) in [7, 11) is -3.47. The Hall–Kier alpha value is -2.14. The quantitative estimate of drug-likeness (QED) is 0.534. The van der Waals surface area contributed by atoms with Crippen LogP contribution in [-0.4, -0.2) is 41.9 Å². The lowest BCUT2D eigenvalue weighted by Gasteiger charge is -2.18. The normalized spacial score (nSPS) is 11.7. The van der Waals surface area contributed by atoms with Gasteiger partial charge in [-0.1, -0.05) is 37.3 Å². The Balaban J connectivity index is 1.55. The van der Waals surface area contributed by atoms with Crippen molar-refractivity contribution in [1.29, 1.82) is 0 Å². The highest BCUT2D eigenvalue weighted by molar-refractivity contribution is 7.89. The molecule has 10 heteroatoms. The number of carbonyl (C=O) groups excluding carboxylic acids is 1. The highest BCUT2D eigenvalue weighted by Gasteiger charge is 2.21. The number of anilines is 1. The summed E-state index contributed by atoms with van der Waals surface area (Å²) in [5.41, 5.74) is 1.89. The fourth-order valence-corrected chi connectivity index (χ4v) is 5.69. The van der Waals surface area contributed by atoms with Gasteiger partial charge in [-0.3, -0.25) is 4.79 Å². The molecule has 0 saturated carbocycles. The summed E-state index contributed by atoms with van der Waals surface area (Å²) < 4.78 is 26.4. The zero-order chi connectivity index (χ0) is 20.9. The van der Waals surface area contributed by atoms with Gasteiger partial charge in [0, 0.05) is 30.5 Å². The molecule has 7 nitrogen and oxygen atoms in total. The first-order valence-corrected chi connectivity index (χ1v) is 12.4. The molecule has 0 aliphatic carbocycles. The number of thiophene rings is 1. The van der Waals surface area contributed by atoms with E-state index in [0.29, 0.717) is 24.6 Å². The second-order valence-corrected chi connectivity index (χ2v) is 9.90. The molecule has 0 fully saturated rings. The van der Waals surface area contributed by atoms with Crippen LogP contribution < -0.4 is 5.32 Å². The van der Waals surface area contributed by atoms with Gasteiger partial charge in [0.2, 0.25) is 21.1 Å². The Kier molecular flexibility index (Phi) is 7.12. The summed E-state index contributed by atoms with van der Waals surface area (Å²) >= 11 is 2.91. The highest BCUT2D eigenvalue weighted by atomic mass is 32.2. The minimum absolute atomic E-state index is 0.155. The maximum absolute atomic E-state index is 12.5. The maximum atomic E-state index is 12.5. The van der Waals surface area contributed by atoms with Crippen molar-refractivity contribution in [2.45, 2.75) is 31.6 Å². The third kappa shape index (κ3) is 5.27. The van der Waals surface area contributed by atoms with Crippen LogP contribution in [0, 0.1) is 0 Å². The molecule has 2 heterocycles. The van der Waals surface area contributed by atoms with Crippen molar-refractivity contribution in [2.24, 2.45) is 0 Å². The molecule has 0 atom stereocenters. The second-order valence-electron chi connectivity index (χ2n) is 6.21. The molecule has 0 aliphatic rings. The van der Waals surface area contributed by atoms with Crippen molar-refractivity contribution in [3.63, 3.8) is 0 Å². The van der Waals surface area contributed by atoms with Crippen LogP contribution >= 0.6 is 22.7 Å². The number of hydrogen-bond acceptors (Lipinski definition) is 7. The minimum Gasteiger partial charge on any atom is -0.301 e. The number of hydrogen-bond donors (Lipinski definition) is 1. The van der Waals surface area contributed by atoms with E-state index < -0.39 is 10.0 Å². The van der Waals surface area contributed by atoms with E-state index in [4.69, 9.17) is 0 Å². The summed E-state index contributed by atoms with van der Waals surface area (Å²) in [5.74, 6) is -0.155. The zero-order valence-corrected chi connectivity index (χ0v) is 18.6. The van der Waals surface area contributed by atoms with Crippen LogP contribution in [-0.2, 0) is 21.2 Å². The van der Waals surface area contributed by atoms with Crippen LogP contribution in [0.3, 0.4) is 0 Å². The molecule has 1 aromatic carbocycles. The SMILES string of the molecule is CCN(CC)S(=O)(=O)c1ccc(CCC(=O)Nc2nnc(-c3ccsc3)s2)cc1. The van der Waals surface area contributed by atoms with Crippen LogP contribution in [0.5, 0.6) is 0 Å². The summed E-state index contributed by atoms with van der Waals surface area (Å²) in [4.78, 5) is 12.5. The number of carbonyl (C=O) groups is 1. The Labute approximate surface area is 178 Å². The van der Waals surface area contributed by atoms with Crippen molar-refractivity contribution in [2.75, 3.05) is 18.4 Å². The first-order valence-electron chi connectivity index (χ1n) is 9.19. The predicted molar refractivity (Wildman–Crippen MR) is 117 cm³/mol. The molecule has 3 rings (SSSR count). The van der Waals surface area contributed by atoms with Crippen molar-refractivity contribution < 1.29 is 13.2 Å². The van der Waals surface area contributed by atoms with Gasteiger partial charge in [-0.15, -0.1) is 10.2 Å². The maximum Gasteiger partial charge on any atom is 0.243 e. The van der Waals surface area contributed by atoms with E-state index in [1.165, 1.54) is 15.6 Å². The van der Waals surface area contributed by atoms with E-state index >= 15 is 0 Å². The van der Waals surface area contributed by atoms with Gasteiger partial charge in [0.1, 0.15) is 5.01 Å². The number of nitrogens with zero attached hydrogens (tertiary/aromatic N) is 3. The van der Waals surface area contributed by atoms with Crippen molar-refractivity contribution >= 4 is 43.7 Å². The van der Waals surface area contributed by atoms with E-state index in [9.17, 15) is 13.2 Å². The number of aromatic nitrogens is 2. The number of sulfonamides is 1. The van der Waals surface area contributed by atoms with Crippen LogP contribution in [0.25, 0.3) is 10.6 Å². The molecule has 1 N–H and O–H groups in total. The fourth-order valence-electron chi connectivity index (χ4n) is 2.76. The van der Waals surface area contributed by atoms with Gasteiger partial charge in [0.25, 0.3) is 0 Å². The molecular formula is C19H22N4O3S3. The van der Waals surface area contributed by atoms with Gasteiger partial charge in [-0.05, 0) is 35.6 Å². The molecule has 3 aromatic rings. The molecule has 0 saturated heterocycles. The Morgan fingerprint density at radius 1 is 1.10 bits per heavy atom. The van der Waals surface area contributed by atoms with E-state index in [1.54, 1.807) is 35.6 Å². The number of aryl methyl sites for hydroxylation is 1. The third-order valence-electron chi connectivity index (χ3n) is 4.35. The average Bonchev–Trinajstić information content (AvgIpc) is 3.39. The standard InChI is InChI=1S/C19H22N4O3S3/c1-3-23(4-2)29(25,26)16-8-5-14(6-9-16)7-10-17(24)20-19-22-21-18(28-19)15-11-12-27-13-15/h5-6,8-9,11-13H,3-4,7,10H2,1-2H3,(H,20,22,24). The number of rotatable bonds is 9. The van der Waals surface area contributed by atoms with E-state index in [2.05, 4.69) is 15.5 Å². The summed E-state index contributed by atoms with van der Waals surface area (Å²) in [6.07, 6.45) is 0.781. The number of nitrogens with one attached hydrogen (secondary N) is 1. The Morgan fingerprint density at radius 3 is 2.45 bits per heavy atom. The first kappa shape index (κ1) is 21.6. The number of amides is 1. The predicted octanol–water partition coefficient (Wildman–Crippen LogP) is 3.87. The Morgan fingerprint density at radius 2 is 1.83 bits per heavy atom. The lowest BCUT2D eigenvalue weighted by molar-refractivity contribution is -0.116. The van der Waals surface area contributed by atoms with Crippen molar-refractivity contribution in [1.82, 2.24) is 14.5 Å². The van der Waals surface area contributed by atoms with Crippen LogP contribution in [0.1, 0.15) is 25.8 Å². The molecule has 0 unspecified atom stereocenters. The topological polar surface area (TPSA) is 92.3 Å². The first-order chi connectivity index (χ1) is 13.9. The fraction of sp³-hybridized carbons (Fsp3) is 0.316. The summed E-state index contributed by atoms with van der Waals surface area (Å²) in [5, 5.41) is 16.1. The van der Waals surface area contributed by atoms with E-state index in [-0.39, 0.29) is 17.2 Å². The third-order valence-corrected chi connectivity index (χ3v) is 7.98. The molecule has 0 aliphatic heterocycles. The molecule has 154 valence electrons. The smallest absolute Gasteiger partial charge is 0.243 e. The van der Waals surface area contributed by atoms with Gasteiger partial charge in [0.15, 0.2) is 0 Å². The molecule has 0 spiro atoms. The zero-order valence-electron chi connectivity index (χ0n) is 16.2. The highest BCUT2D eigenvalue weighted by Crippen LogP contribution is 2.28. The van der Waals surface area contributed by atoms with Gasteiger partial charge >= 0.3 is 0 Å². The minimum atomic E-state index is -3.47. The lowest BCUT2D eigenvalue weighted by Crippen LogP contribution is -2.30. The molecule has 0 bridgehead atoms. The van der Waals surface area contributed by atoms with E-state index in [0.717, 1.165) is 16.1 Å². The van der Waals surface area contributed by atoms with Gasteiger partial charge in [-0.2, -0.15) is 15.6 Å². The van der Waals surface area contributed by atoms with Crippen LogP contribution in [0.2, 0.25) is 0 Å². The van der Waals surface area contributed by atoms with Crippen LogP contribution in [0.15, 0.2) is 46.0 Å². The Bertz CT molecular complexity index is 1040. The summed E-state index contributed by atoms with van der Waals surface area (Å²) in [6, 6.07) is 8.66. The molecule has 1 amide bonds. The van der Waals surface area contributed by atoms with Crippen LogP contribution in [0.4, 0.5) is 5.13 Å². The van der Waals surface area contributed by atoms with Crippen molar-refractivity contribution in [3.05, 3.63) is 46.7 Å². The largest absolute Gasteiger partial charge is 0.301 e. The molecular weight excluding hydrogens is 428 g/mol. The van der Waals surface area contributed by atoms with Gasteiger partial charge in [0.05, 0.1) is 4.90 Å². The lowest BCUT2D eigenvalue weighted by atomic mass is 10.1. The summed E-state index contributed by atoms with van der Waals surface area (Å²) in [6.45, 7) is 4.49.